The minimum atomic E-state index is 0.00686. The molecule has 2 N–H and O–H groups in total. The molecule has 2 rings (SSSR count). The van der Waals surface area contributed by atoms with Gasteiger partial charge in [0, 0.05) is 23.8 Å². The van der Waals surface area contributed by atoms with Gasteiger partial charge in [0.25, 0.3) is 0 Å². The molecule has 1 heterocycles. The maximum Gasteiger partial charge on any atom is 0.120 e. The van der Waals surface area contributed by atoms with Crippen LogP contribution in [0.25, 0.3) is 0 Å². The van der Waals surface area contributed by atoms with Crippen LogP contribution in [0.15, 0.2) is 36.4 Å². The fourth-order valence-electron chi connectivity index (χ4n) is 2.07. The number of aryl methyl sites for hydroxylation is 1. The van der Waals surface area contributed by atoms with Crippen molar-refractivity contribution in [1.82, 2.24) is 10.3 Å². The number of rotatable bonds is 5. The molecule has 4 nitrogen and oxygen atoms in total. The van der Waals surface area contributed by atoms with Crippen LogP contribution in [-0.2, 0) is 6.54 Å². The molecule has 1 atom stereocenters. The predicted molar refractivity (Wildman–Crippen MR) is 78.9 cm³/mol. The molecule has 0 aliphatic heterocycles. The van der Waals surface area contributed by atoms with E-state index in [-0.39, 0.29) is 11.8 Å². The topological polar surface area (TPSA) is 54.4 Å². The van der Waals surface area contributed by atoms with Crippen LogP contribution in [0.2, 0.25) is 0 Å². The van der Waals surface area contributed by atoms with E-state index < -0.39 is 0 Å². The lowest BCUT2D eigenvalue weighted by Gasteiger charge is -2.16. The van der Waals surface area contributed by atoms with E-state index in [1.54, 1.807) is 19.2 Å². The summed E-state index contributed by atoms with van der Waals surface area (Å²) < 4.78 is 5.19. The monoisotopic (exact) mass is 272 g/mol. The van der Waals surface area contributed by atoms with Crippen LogP contribution >= 0.6 is 0 Å². The Balaban J connectivity index is 2.06. The molecule has 0 radical (unpaired) electrons. The first-order valence-electron chi connectivity index (χ1n) is 6.63. The van der Waals surface area contributed by atoms with Crippen LogP contribution in [0.3, 0.4) is 0 Å². The molecule has 0 saturated carbocycles. The Morgan fingerprint density at radius 3 is 2.80 bits per heavy atom. The molecule has 1 aromatic heterocycles. The first-order valence-corrected chi connectivity index (χ1v) is 6.63. The minimum Gasteiger partial charge on any atom is -0.508 e. The zero-order chi connectivity index (χ0) is 14.5. The highest BCUT2D eigenvalue weighted by molar-refractivity contribution is 5.41. The molecular weight excluding hydrogens is 252 g/mol. The number of phenols is 1. The van der Waals surface area contributed by atoms with Gasteiger partial charge in [0.1, 0.15) is 11.5 Å². The number of aromatic nitrogens is 1. The van der Waals surface area contributed by atoms with Crippen molar-refractivity contribution in [3.63, 3.8) is 0 Å². The molecular formula is C16H20N2O2. The first-order chi connectivity index (χ1) is 9.60. The lowest BCUT2D eigenvalue weighted by molar-refractivity contribution is 0.407. The third-order valence-corrected chi connectivity index (χ3v) is 3.24. The Hall–Kier alpha value is -2.07. The summed E-state index contributed by atoms with van der Waals surface area (Å²) in [6.07, 6.45) is 0. The van der Waals surface area contributed by atoms with E-state index in [0.717, 1.165) is 22.7 Å². The second kappa shape index (κ2) is 6.39. The Kier molecular flexibility index (Phi) is 4.58. The number of pyridine rings is 1. The molecule has 0 aliphatic rings. The quantitative estimate of drug-likeness (QED) is 0.878. The molecule has 4 heteroatoms. The van der Waals surface area contributed by atoms with Gasteiger partial charge in [-0.25, -0.2) is 0 Å². The van der Waals surface area contributed by atoms with Crippen LogP contribution in [0.5, 0.6) is 11.5 Å². The van der Waals surface area contributed by atoms with Gasteiger partial charge in [-0.15, -0.1) is 0 Å². The highest BCUT2D eigenvalue weighted by Crippen LogP contribution is 2.28. The summed E-state index contributed by atoms with van der Waals surface area (Å²) in [5.41, 5.74) is 2.80. The number of hydrogen-bond donors (Lipinski definition) is 2. The molecule has 0 spiro atoms. The normalized spacial score (nSPS) is 12.2. The first kappa shape index (κ1) is 14.3. The standard InChI is InChI=1S/C16H20N2O2/c1-11-5-4-6-13(18-11)10-17-12(2)15-9-14(20-3)7-8-16(15)19/h4-9,12,17,19H,10H2,1-3H3. The number of nitrogens with zero attached hydrogens (tertiary/aromatic N) is 1. The van der Waals surface area contributed by atoms with Crippen molar-refractivity contribution >= 4 is 0 Å². The highest BCUT2D eigenvalue weighted by atomic mass is 16.5. The average Bonchev–Trinajstić information content (AvgIpc) is 2.45. The fourth-order valence-corrected chi connectivity index (χ4v) is 2.07. The van der Waals surface area contributed by atoms with Crippen LogP contribution in [0.4, 0.5) is 0 Å². The number of methoxy groups -OCH3 is 1. The largest absolute Gasteiger partial charge is 0.508 e. The van der Waals surface area contributed by atoms with E-state index >= 15 is 0 Å². The molecule has 20 heavy (non-hydrogen) atoms. The van der Waals surface area contributed by atoms with Gasteiger partial charge in [-0.1, -0.05) is 6.07 Å². The number of hydrogen-bond acceptors (Lipinski definition) is 4. The summed E-state index contributed by atoms with van der Waals surface area (Å²) in [6.45, 7) is 4.63. The predicted octanol–water partition coefficient (Wildman–Crippen LogP) is 2.96. The van der Waals surface area contributed by atoms with Gasteiger partial charge < -0.3 is 15.2 Å². The van der Waals surface area contributed by atoms with Crippen molar-refractivity contribution in [3.05, 3.63) is 53.3 Å². The van der Waals surface area contributed by atoms with Gasteiger partial charge in [-0.05, 0) is 44.2 Å². The Labute approximate surface area is 119 Å². The maximum atomic E-state index is 9.93. The van der Waals surface area contributed by atoms with E-state index in [4.69, 9.17) is 4.74 Å². The van der Waals surface area contributed by atoms with Crippen LogP contribution < -0.4 is 10.1 Å². The van der Waals surface area contributed by atoms with Gasteiger partial charge >= 0.3 is 0 Å². The van der Waals surface area contributed by atoms with Crippen molar-refractivity contribution < 1.29 is 9.84 Å². The second-order valence-electron chi connectivity index (χ2n) is 4.80. The van der Waals surface area contributed by atoms with Gasteiger partial charge in [0.2, 0.25) is 0 Å². The lowest BCUT2D eigenvalue weighted by atomic mass is 10.1. The lowest BCUT2D eigenvalue weighted by Crippen LogP contribution is -2.19. The van der Waals surface area contributed by atoms with Gasteiger partial charge in [-0.3, -0.25) is 4.98 Å². The van der Waals surface area contributed by atoms with Gasteiger partial charge in [-0.2, -0.15) is 0 Å². The summed E-state index contributed by atoms with van der Waals surface area (Å²) in [5.74, 6) is 1.00. The second-order valence-corrected chi connectivity index (χ2v) is 4.80. The van der Waals surface area contributed by atoms with Gasteiger partial charge in [0.15, 0.2) is 0 Å². The molecule has 106 valence electrons. The fraction of sp³-hybridized carbons (Fsp3) is 0.312. The summed E-state index contributed by atoms with van der Waals surface area (Å²) in [7, 11) is 1.62. The highest BCUT2D eigenvalue weighted by Gasteiger charge is 2.11. The number of ether oxygens (including phenoxy) is 1. The summed E-state index contributed by atoms with van der Waals surface area (Å²) in [5, 5.41) is 13.3. The molecule has 0 fully saturated rings. The van der Waals surface area contributed by atoms with Crippen molar-refractivity contribution in [3.8, 4) is 11.5 Å². The van der Waals surface area contributed by atoms with E-state index in [1.807, 2.05) is 38.1 Å². The summed E-state index contributed by atoms with van der Waals surface area (Å²) in [6, 6.07) is 11.2. The van der Waals surface area contributed by atoms with Crippen molar-refractivity contribution in [2.45, 2.75) is 26.4 Å². The van der Waals surface area contributed by atoms with Crippen LogP contribution in [0, 0.1) is 6.92 Å². The number of aromatic hydroxyl groups is 1. The molecule has 1 unspecified atom stereocenters. The number of benzene rings is 1. The van der Waals surface area contributed by atoms with Crippen molar-refractivity contribution in [2.75, 3.05) is 7.11 Å². The van der Waals surface area contributed by atoms with E-state index in [9.17, 15) is 5.11 Å². The SMILES string of the molecule is COc1ccc(O)c(C(C)NCc2cccc(C)n2)c1. The van der Waals surface area contributed by atoms with E-state index in [1.165, 1.54) is 0 Å². The maximum absolute atomic E-state index is 9.93. The van der Waals surface area contributed by atoms with E-state index in [0.29, 0.717) is 6.54 Å². The molecule has 0 aliphatic carbocycles. The summed E-state index contributed by atoms with van der Waals surface area (Å²) >= 11 is 0. The Morgan fingerprint density at radius 1 is 1.30 bits per heavy atom. The van der Waals surface area contributed by atoms with Crippen molar-refractivity contribution in [2.24, 2.45) is 0 Å². The van der Waals surface area contributed by atoms with Crippen LogP contribution in [0.1, 0.15) is 29.9 Å². The van der Waals surface area contributed by atoms with E-state index in [2.05, 4.69) is 10.3 Å². The molecule has 0 bridgehead atoms. The minimum absolute atomic E-state index is 0.00686. The zero-order valence-electron chi connectivity index (χ0n) is 12.1. The number of nitrogens with one attached hydrogen (secondary N) is 1. The Bertz CT molecular complexity index is 584. The van der Waals surface area contributed by atoms with Crippen molar-refractivity contribution in [1.29, 1.82) is 0 Å². The molecule has 2 aromatic rings. The average molecular weight is 272 g/mol. The molecule has 1 aromatic carbocycles. The summed E-state index contributed by atoms with van der Waals surface area (Å²) in [4.78, 5) is 4.45. The number of phenolic OH excluding ortho intramolecular Hbond substituents is 1. The molecule has 0 saturated heterocycles. The zero-order valence-corrected chi connectivity index (χ0v) is 12.1. The van der Waals surface area contributed by atoms with Gasteiger partial charge in [0.05, 0.1) is 12.8 Å². The third kappa shape index (κ3) is 3.48. The van der Waals surface area contributed by atoms with Crippen LogP contribution in [-0.4, -0.2) is 17.2 Å². The Morgan fingerprint density at radius 2 is 2.10 bits per heavy atom. The smallest absolute Gasteiger partial charge is 0.120 e. The third-order valence-electron chi connectivity index (χ3n) is 3.24. The molecule has 0 amide bonds.